The number of carbonyl (C=O) groups excluding carboxylic acids is 1. The third-order valence-corrected chi connectivity index (χ3v) is 33.5. The topological polar surface area (TPSA) is 44.8 Å². The van der Waals surface area contributed by atoms with Crippen molar-refractivity contribution in [1.82, 2.24) is 0 Å². The van der Waals surface area contributed by atoms with Gasteiger partial charge < -0.3 is 14.2 Å². The van der Waals surface area contributed by atoms with Gasteiger partial charge in [0.05, 0.1) is 11.8 Å². The number of alkyl halides is 5. The summed E-state index contributed by atoms with van der Waals surface area (Å²) in [6, 6.07) is 22.7. The van der Waals surface area contributed by atoms with Crippen LogP contribution in [0.1, 0.15) is 409 Å². The molecule has 0 amide bonds. The first kappa shape index (κ1) is 103. The smallest absolute Gasteiger partial charge is 0.432 e. The van der Waals surface area contributed by atoms with E-state index in [0.29, 0.717) is 66.7 Å². The fourth-order valence-corrected chi connectivity index (χ4v) is 25.5. The number of esters is 1. The van der Waals surface area contributed by atoms with Crippen molar-refractivity contribution in [2.75, 3.05) is 0 Å². The highest BCUT2D eigenvalue weighted by Crippen LogP contribution is 2.52. The molecule has 0 spiro atoms. The molecule has 10 aliphatic rings. The van der Waals surface area contributed by atoms with Gasteiger partial charge in [0, 0.05) is 24.3 Å². The van der Waals surface area contributed by atoms with Crippen LogP contribution in [0.3, 0.4) is 0 Å². The van der Waals surface area contributed by atoms with Gasteiger partial charge in [-0.2, -0.15) is 8.78 Å². The zero-order valence-corrected chi connectivity index (χ0v) is 78.5. The van der Waals surface area contributed by atoms with E-state index in [9.17, 15) is 61.9 Å². The maximum absolute atomic E-state index is 14.6. The van der Waals surface area contributed by atoms with Gasteiger partial charge in [-0.25, -0.2) is 35.1 Å². The van der Waals surface area contributed by atoms with E-state index in [1.165, 1.54) is 300 Å². The zero-order chi connectivity index (χ0) is 91.3. The van der Waals surface area contributed by atoms with Crippen LogP contribution in [0.15, 0.2) is 91.0 Å². The second kappa shape index (κ2) is 51.7. The van der Waals surface area contributed by atoms with Crippen LogP contribution in [-0.4, -0.2) is 18.4 Å². The Morgan fingerprint density at radius 3 is 0.977 bits per heavy atom. The molecule has 4 nitrogen and oxygen atoms in total. The van der Waals surface area contributed by atoms with E-state index in [4.69, 9.17) is 4.74 Å². The Balaban J connectivity index is 0.000000156. The first-order valence-electron chi connectivity index (χ1n) is 51.6. The highest BCUT2D eigenvalue weighted by molar-refractivity contribution is 5.75. The molecule has 0 aliphatic heterocycles. The third-order valence-electron chi connectivity index (χ3n) is 33.5. The van der Waals surface area contributed by atoms with Gasteiger partial charge in [-0.3, -0.25) is 4.79 Å². The van der Waals surface area contributed by atoms with E-state index in [1.54, 1.807) is 11.6 Å². The highest BCUT2D eigenvalue weighted by atomic mass is 19.4. The Morgan fingerprint density at radius 2 is 0.617 bits per heavy atom. The number of rotatable bonds is 26. The number of hydrogen-bond acceptors (Lipinski definition) is 4. The van der Waals surface area contributed by atoms with Gasteiger partial charge in [0.25, 0.3) is 0 Å². The van der Waals surface area contributed by atoms with Gasteiger partial charge in [0.1, 0.15) is 17.2 Å². The molecule has 17 heteroatoms. The summed E-state index contributed by atoms with van der Waals surface area (Å²) in [7, 11) is 0. The molecule has 10 saturated carbocycles. The maximum atomic E-state index is 14.6. The molecule has 0 radical (unpaired) electrons. The van der Waals surface area contributed by atoms with Crippen LogP contribution in [0.2, 0.25) is 0 Å². The fourth-order valence-electron chi connectivity index (χ4n) is 25.5. The van der Waals surface area contributed by atoms with Crippen molar-refractivity contribution in [3.63, 3.8) is 0 Å². The zero-order valence-electron chi connectivity index (χ0n) is 78.5. The van der Waals surface area contributed by atoms with Gasteiger partial charge in [-0.1, -0.05) is 224 Å². The summed E-state index contributed by atoms with van der Waals surface area (Å²) in [4.78, 5) is 12.3. The number of unbranched alkanes of at least 4 members (excludes halogenated alkanes) is 3. The lowest BCUT2D eigenvalue weighted by Crippen LogP contribution is -2.38. The lowest BCUT2D eigenvalue weighted by molar-refractivity contribution is -0.274. The summed E-state index contributed by atoms with van der Waals surface area (Å²) in [6.45, 7) is 13.6. The van der Waals surface area contributed by atoms with Crippen molar-refractivity contribution < 1.29 is 76.1 Å². The number of benzene rings is 5. The number of halogens is 13. The number of hydrogen-bond donors (Lipinski definition) is 0. The monoisotopic (exact) mass is 1800 g/mol. The van der Waals surface area contributed by atoms with Crippen molar-refractivity contribution in [2.45, 2.75) is 406 Å². The van der Waals surface area contributed by atoms with E-state index >= 15 is 0 Å². The Morgan fingerprint density at radius 1 is 0.297 bits per heavy atom. The van der Waals surface area contributed by atoms with E-state index in [-0.39, 0.29) is 17.4 Å². The molecular weight excluding hydrogens is 1640 g/mol. The normalized spacial score (nSPS) is 30.1. The standard InChI is InChI=1S/C24H33F5O.C23H33F3O.C22H34.C21H27F3O2.C21H30F2/c1-2-3-4-5-16-6-8-17(9-7-16)18-10-12-19(13-11-18)24(28,29)30-20-14-21(25)23(27)22(26)15-20;1-2-3-4-17-5-7-18(8-6-17)19-9-11-20(12-10-19)21-13-15-22(16-14-21)27-23(24,25)26;1-3-4-18-7-11-20(12-8-18)22-15-13-21(14-16-22)19-9-5-17(2)6-10-19;1-2-13-3-5-14(6-4-13)15-7-9-16(10-8-15)21(25)26-17-11-18(22)20(24)19(23)12-17;1-2-3-15-4-6-16(7-5-15)17-8-10-18(11-9-17)19-12-13-20(22)21(23)14-19/h14-19H,2-13H2,1H3;13-20H,2-12H2,1H3;5-6,9-10,18,20-22H,3-4,7-8,11-16H2,1-2H3;11-16H,2-10H2,1H3;12-18H,2-11H2,1H3. The molecule has 0 bridgehead atoms. The minimum atomic E-state index is -4.62. The molecule has 0 unspecified atom stereocenters. The largest absolute Gasteiger partial charge is 0.573 e. The van der Waals surface area contributed by atoms with E-state index in [1.807, 2.05) is 12.1 Å². The van der Waals surface area contributed by atoms with Gasteiger partial charge in [-0.15, -0.1) is 13.2 Å². The van der Waals surface area contributed by atoms with Crippen molar-refractivity contribution in [2.24, 2.45) is 101 Å². The molecular formula is C111H157F13O4. The summed E-state index contributed by atoms with van der Waals surface area (Å²) >= 11 is 0. The minimum Gasteiger partial charge on any atom is -0.432 e. The van der Waals surface area contributed by atoms with E-state index < -0.39 is 76.6 Å². The van der Waals surface area contributed by atoms with Crippen LogP contribution in [0, 0.1) is 154 Å². The Hall–Kier alpha value is -5.74. The molecule has 10 aliphatic carbocycles. The second-order valence-corrected chi connectivity index (χ2v) is 41.8. The molecule has 0 saturated heterocycles. The average Bonchev–Trinajstić information content (AvgIpc) is 0.797. The summed E-state index contributed by atoms with van der Waals surface area (Å²) in [6.07, 6.45) is 56.9. The molecule has 5 aromatic carbocycles. The van der Waals surface area contributed by atoms with Crippen molar-refractivity contribution >= 4 is 5.97 Å². The summed E-state index contributed by atoms with van der Waals surface area (Å²) < 4.78 is 185. The lowest BCUT2D eigenvalue weighted by Gasteiger charge is -2.39. The van der Waals surface area contributed by atoms with Gasteiger partial charge in [0.15, 0.2) is 46.5 Å². The minimum absolute atomic E-state index is 0.125. The molecule has 0 N–H and O–H groups in total. The second-order valence-electron chi connectivity index (χ2n) is 41.8. The molecule has 10 fully saturated rings. The van der Waals surface area contributed by atoms with Crippen LogP contribution in [0.25, 0.3) is 0 Å². The molecule has 0 atom stereocenters. The van der Waals surface area contributed by atoms with Crippen molar-refractivity contribution in [1.29, 1.82) is 0 Å². The van der Waals surface area contributed by atoms with Crippen LogP contribution < -0.4 is 14.2 Å². The quantitative estimate of drug-likeness (QED) is 0.0182. The molecule has 0 heterocycles. The fraction of sp³-hybridized carbons (Fsp3) is 0.721. The lowest BCUT2D eigenvalue weighted by atomic mass is 9.68. The van der Waals surface area contributed by atoms with Crippen LogP contribution in [0.5, 0.6) is 17.2 Å². The number of carbonyl (C=O) groups is 1. The average molecular weight is 1800 g/mol. The first-order chi connectivity index (χ1) is 61.6. The summed E-state index contributed by atoms with van der Waals surface area (Å²) in [5.74, 6) is 1.51. The molecule has 128 heavy (non-hydrogen) atoms. The first-order valence-corrected chi connectivity index (χ1v) is 51.6. The maximum Gasteiger partial charge on any atom is 0.573 e. The molecule has 0 aromatic heterocycles. The highest BCUT2D eigenvalue weighted by Gasteiger charge is 2.46. The molecule has 5 aromatic rings. The Kier molecular flexibility index (Phi) is 41.5. The van der Waals surface area contributed by atoms with E-state index in [0.717, 1.165) is 139 Å². The van der Waals surface area contributed by atoms with E-state index in [2.05, 4.69) is 75.3 Å². The number of aryl methyl sites for hydroxylation is 1. The van der Waals surface area contributed by atoms with Crippen molar-refractivity contribution in [3.8, 4) is 17.2 Å². The number of ether oxygens (including phenoxy) is 3. The van der Waals surface area contributed by atoms with Gasteiger partial charge in [0.2, 0.25) is 0 Å². The Labute approximate surface area is 761 Å². The summed E-state index contributed by atoms with van der Waals surface area (Å²) in [5.41, 5.74) is 5.14. The van der Waals surface area contributed by atoms with Crippen LogP contribution in [0.4, 0.5) is 57.1 Å². The van der Waals surface area contributed by atoms with Gasteiger partial charge in [-0.05, 0) is 347 Å². The van der Waals surface area contributed by atoms with Crippen LogP contribution in [-0.2, 0) is 4.79 Å². The predicted molar refractivity (Wildman–Crippen MR) is 491 cm³/mol. The Bertz CT molecular complexity index is 3930. The molecule has 15 rings (SSSR count). The SMILES string of the molecule is CCC1CCC(C2CCC(C(=O)Oc3cc(F)c(F)c(F)c3)CC2)CC1.CCCC1CCC(C2CCC(c3ccc(C)cc3)CC2)CC1.CCCC1CCC(C2CCC(c3ccc(F)c(F)c3)CC2)CC1.CCCCC1CCC(C2CCC(c3ccc(OC(F)(F)F)cc3)CC2)CC1.CCCCCC1CCC(C2CCC(C(F)(F)Oc3cc(F)c(F)c(F)c3)CC2)CC1. The van der Waals surface area contributed by atoms with Crippen molar-refractivity contribution in [3.05, 3.63) is 160 Å². The van der Waals surface area contributed by atoms with Gasteiger partial charge >= 0.3 is 18.4 Å². The third kappa shape index (κ3) is 31.7. The summed E-state index contributed by atoms with van der Waals surface area (Å²) in [5, 5.41) is 0. The predicted octanol–water partition coefficient (Wildman–Crippen LogP) is 35.9. The van der Waals surface area contributed by atoms with Crippen LogP contribution >= 0.6 is 0 Å². The molecule has 716 valence electrons.